The molecule has 0 aliphatic rings. The van der Waals surface area contributed by atoms with Crippen LogP contribution in [0.1, 0.15) is 53.4 Å². The van der Waals surface area contributed by atoms with Gasteiger partial charge in [-0.3, -0.25) is 24.0 Å². The van der Waals surface area contributed by atoms with Crippen molar-refractivity contribution in [3.05, 3.63) is 0 Å². The van der Waals surface area contributed by atoms with Crippen LogP contribution in [0.15, 0.2) is 0 Å². The van der Waals surface area contributed by atoms with Crippen LogP contribution in [0.25, 0.3) is 0 Å². The summed E-state index contributed by atoms with van der Waals surface area (Å²) in [5, 5.41) is 34.3. The van der Waals surface area contributed by atoms with E-state index in [0.717, 1.165) is 0 Å². The van der Waals surface area contributed by atoms with Gasteiger partial charge in [-0.15, -0.1) is 0 Å². The Hall–Kier alpha value is -3.02. The van der Waals surface area contributed by atoms with E-state index in [-0.39, 0.29) is 19.3 Å². The Labute approximate surface area is 186 Å². The Balaban J connectivity index is 5.38. The SMILES string of the molecule is CC(C)C(NC(=O)C(CCC(=O)O)NC(=O)C(C)C(C)O)C(=O)NC([C-]=O)CCC(=O)O. The molecule has 0 aromatic carbocycles. The maximum Gasteiger partial charge on any atom is 0.303 e. The van der Waals surface area contributed by atoms with E-state index in [1.807, 2.05) is 0 Å². The topological polar surface area (TPSA) is 199 Å². The van der Waals surface area contributed by atoms with Gasteiger partial charge in [0.25, 0.3) is 0 Å². The van der Waals surface area contributed by atoms with Gasteiger partial charge in [0.1, 0.15) is 12.1 Å². The minimum atomic E-state index is -1.28. The van der Waals surface area contributed by atoms with Crippen LogP contribution in [0, 0.1) is 11.8 Å². The van der Waals surface area contributed by atoms with Crippen molar-refractivity contribution >= 4 is 35.9 Å². The van der Waals surface area contributed by atoms with E-state index >= 15 is 0 Å². The lowest BCUT2D eigenvalue weighted by Gasteiger charge is -2.29. The maximum absolute atomic E-state index is 12.8. The third-order valence-electron chi connectivity index (χ3n) is 4.77. The average molecular weight is 458 g/mol. The van der Waals surface area contributed by atoms with Crippen molar-refractivity contribution in [2.45, 2.75) is 77.6 Å². The summed E-state index contributed by atoms with van der Waals surface area (Å²) in [5.74, 6) is -5.91. The molecule has 12 nitrogen and oxygen atoms in total. The van der Waals surface area contributed by atoms with E-state index in [1.165, 1.54) is 20.1 Å². The van der Waals surface area contributed by atoms with Crippen molar-refractivity contribution < 1.29 is 44.1 Å². The molecule has 5 unspecified atom stereocenters. The normalized spacial score (nSPS) is 15.6. The second-order valence-corrected chi connectivity index (χ2v) is 7.86. The van der Waals surface area contributed by atoms with Crippen LogP contribution >= 0.6 is 0 Å². The van der Waals surface area contributed by atoms with Gasteiger partial charge in [-0.25, -0.2) is 6.29 Å². The molecule has 0 aliphatic carbocycles. The number of carbonyl (C=O) groups is 5. The predicted molar refractivity (Wildman–Crippen MR) is 111 cm³/mol. The minimum absolute atomic E-state index is 0.183. The molecule has 0 saturated carbocycles. The standard InChI is InChI=1S/C20H32N3O9/c1-10(2)17(20(32)21-13(9-24)5-7-15(26)27)23-19(31)14(6-8-16(28)29)22-18(30)11(3)12(4)25/h10-14,17,25H,5-8H2,1-4H3,(H,21,32)(H,22,30)(H,23,31)(H,26,27)(H,28,29)/q-1. The number of aliphatic hydroxyl groups excluding tert-OH is 1. The molecule has 3 amide bonds. The molecule has 0 saturated heterocycles. The molecule has 0 radical (unpaired) electrons. The Morgan fingerprint density at radius 2 is 1.31 bits per heavy atom. The van der Waals surface area contributed by atoms with E-state index in [4.69, 9.17) is 10.2 Å². The first-order valence-corrected chi connectivity index (χ1v) is 10.2. The smallest absolute Gasteiger partial charge is 0.303 e. The zero-order valence-electron chi connectivity index (χ0n) is 18.6. The van der Waals surface area contributed by atoms with Crippen molar-refractivity contribution in [1.82, 2.24) is 16.0 Å². The minimum Gasteiger partial charge on any atom is -0.540 e. The van der Waals surface area contributed by atoms with Crippen molar-refractivity contribution in [3.8, 4) is 0 Å². The molecular formula is C20H32N3O9-. The summed E-state index contributed by atoms with van der Waals surface area (Å²) < 4.78 is 0. The molecule has 182 valence electrons. The van der Waals surface area contributed by atoms with Crippen LogP contribution < -0.4 is 16.0 Å². The van der Waals surface area contributed by atoms with E-state index in [0.29, 0.717) is 0 Å². The number of carboxylic acids is 2. The number of hydrogen-bond donors (Lipinski definition) is 6. The van der Waals surface area contributed by atoms with Gasteiger partial charge < -0.3 is 36.1 Å². The van der Waals surface area contributed by atoms with Gasteiger partial charge >= 0.3 is 11.9 Å². The zero-order valence-corrected chi connectivity index (χ0v) is 18.6. The van der Waals surface area contributed by atoms with Crippen LogP contribution in [0.2, 0.25) is 0 Å². The molecule has 0 rings (SSSR count). The number of rotatable bonds is 15. The molecular weight excluding hydrogens is 426 g/mol. The number of hydrogen-bond acceptors (Lipinski definition) is 7. The lowest BCUT2D eigenvalue weighted by molar-refractivity contribution is -0.139. The highest BCUT2D eigenvalue weighted by molar-refractivity contribution is 5.93. The molecule has 32 heavy (non-hydrogen) atoms. The lowest BCUT2D eigenvalue weighted by atomic mass is 10.0. The lowest BCUT2D eigenvalue weighted by Crippen LogP contribution is -2.57. The highest BCUT2D eigenvalue weighted by Gasteiger charge is 2.30. The summed E-state index contributed by atoms with van der Waals surface area (Å²) in [6, 6.07) is -3.62. The molecule has 0 fully saturated rings. The maximum atomic E-state index is 12.8. The van der Waals surface area contributed by atoms with E-state index in [2.05, 4.69) is 16.0 Å². The van der Waals surface area contributed by atoms with E-state index in [1.54, 1.807) is 13.8 Å². The summed E-state index contributed by atoms with van der Waals surface area (Å²) >= 11 is 0. The number of aliphatic hydroxyl groups is 1. The first kappa shape index (κ1) is 29.0. The molecule has 0 aromatic heterocycles. The number of amides is 3. The highest BCUT2D eigenvalue weighted by atomic mass is 16.4. The van der Waals surface area contributed by atoms with E-state index in [9.17, 15) is 33.9 Å². The quantitative estimate of drug-likeness (QED) is 0.166. The van der Waals surface area contributed by atoms with Crippen molar-refractivity contribution in [3.63, 3.8) is 0 Å². The summed E-state index contributed by atoms with van der Waals surface area (Å²) in [5.41, 5.74) is 0. The van der Waals surface area contributed by atoms with Crippen molar-refractivity contribution in [1.29, 1.82) is 0 Å². The number of carboxylic acid groups (broad SMARTS) is 2. The summed E-state index contributed by atoms with van der Waals surface area (Å²) in [6.45, 7) is 6.05. The summed E-state index contributed by atoms with van der Waals surface area (Å²) in [6.07, 6.45) is -0.711. The molecule has 0 heterocycles. The third-order valence-corrected chi connectivity index (χ3v) is 4.77. The third kappa shape index (κ3) is 10.8. The fraction of sp³-hybridized carbons (Fsp3) is 0.700. The van der Waals surface area contributed by atoms with Crippen molar-refractivity contribution in [2.75, 3.05) is 0 Å². The van der Waals surface area contributed by atoms with Gasteiger partial charge in [-0.2, -0.15) is 0 Å². The first-order chi connectivity index (χ1) is 14.8. The molecule has 0 aromatic rings. The Morgan fingerprint density at radius 1 is 0.781 bits per heavy atom. The number of nitrogens with one attached hydrogen (secondary N) is 3. The van der Waals surface area contributed by atoms with Gasteiger partial charge in [-0.1, -0.05) is 26.8 Å². The highest BCUT2D eigenvalue weighted by Crippen LogP contribution is 2.08. The van der Waals surface area contributed by atoms with Crippen LogP contribution in [-0.2, 0) is 28.8 Å². The van der Waals surface area contributed by atoms with Gasteiger partial charge in [0, 0.05) is 12.8 Å². The van der Waals surface area contributed by atoms with Crippen LogP contribution in [0.3, 0.4) is 0 Å². The monoisotopic (exact) mass is 458 g/mol. The van der Waals surface area contributed by atoms with Gasteiger partial charge in [0.05, 0.1) is 12.0 Å². The second kappa shape index (κ2) is 14.1. The molecule has 12 heteroatoms. The molecule has 5 atom stereocenters. The fourth-order valence-electron chi connectivity index (χ4n) is 2.54. The Bertz CT molecular complexity index is 694. The second-order valence-electron chi connectivity index (χ2n) is 7.86. The van der Waals surface area contributed by atoms with Gasteiger partial charge in [0.15, 0.2) is 0 Å². The van der Waals surface area contributed by atoms with Gasteiger partial charge in [0.2, 0.25) is 17.7 Å². The summed E-state index contributed by atoms with van der Waals surface area (Å²) in [4.78, 5) is 70.2. The Kier molecular flexibility index (Phi) is 12.8. The molecule has 0 spiro atoms. The number of carbonyl (C=O) groups excluding carboxylic acids is 4. The van der Waals surface area contributed by atoms with Crippen LogP contribution in [0.4, 0.5) is 0 Å². The molecule has 6 N–H and O–H groups in total. The van der Waals surface area contributed by atoms with Gasteiger partial charge in [-0.05, 0) is 25.7 Å². The average Bonchev–Trinajstić information content (AvgIpc) is 2.70. The van der Waals surface area contributed by atoms with Crippen LogP contribution in [0.5, 0.6) is 0 Å². The fourth-order valence-corrected chi connectivity index (χ4v) is 2.54. The summed E-state index contributed by atoms with van der Waals surface area (Å²) in [7, 11) is 0. The van der Waals surface area contributed by atoms with Crippen molar-refractivity contribution in [2.24, 2.45) is 11.8 Å². The predicted octanol–water partition coefficient (Wildman–Crippen LogP) is -1.05. The molecule has 0 aliphatic heterocycles. The van der Waals surface area contributed by atoms with E-state index < -0.39 is 72.1 Å². The largest absolute Gasteiger partial charge is 0.540 e. The Morgan fingerprint density at radius 3 is 1.75 bits per heavy atom. The molecule has 0 bridgehead atoms. The zero-order chi connectivity index (χ0) is 25.0. The van der Waals surface area contributed by atoms with Crippen LogP contribution in [-0.4, -0.2) is 75.5 Å². The first-order valence-electron chi connectivity index (χ1n) is 10.2. The number of aliphatic carboxylic acids is 2.